The van der Waals surface area contributed by atoms with E-state index in [0.717, 1.165) is 54.9 Å². The molecule has 0 atom stereocenters. The van der Waals surface area contributed by atoms with Gasteiger partial charge in [0.15, 0.2) is 0 Å². The molecule has 27 heavy (non-hydrogen) atoms. The van der Waals surface area contributed by atoms with Crippen LogP contribution in [-0.4, -0.2) is 11.9 Å². The molecule has 0 saturated heterocycles. The summed E-state index contributed by atoms with van der Waals surface area (Å²) >= 11 is 0. The Bertz CT molecular complexity index is 779. The third-order valence-corrected chi connectivity index (χ3v) is 4.55. The molecule has 0 unspecified atom stereocenters. The van der Waals surface area contributed by atoms with E-state index in [-0.39, 0.29) is 11.9 Å². The summed E-state index contributed by atoms with van der Waals surface area (Å²) in [5.41, 5.74) is 0.786. The Balaban J connectivity index is 2.22. The normalized spacial score (nSPS) is 10.8. The Labute approximate surface area is 161 Å². The van der Waals surface area contributed by atoms with E-state index < -0.39 is 0 Å². The first kappa shape index (κ1) is 20.9. The first-order valence-electron chi connectivity index (χ1n) is 10.0. The number of hydrogen-bond donors (Lipinski definition) is 0. The van der Waals surface area contributed by atoms with E-state index in [9.17, 15) is 9.59 Å². The monoisotopic (exact) mass is 370 g/mol. The molecule has 0 aromatic heterocycles. The second-order valence-corrected chi connectivity index (χ2v) is 6.93. The summed E-state index contributed by atoms with van der Waals surface area (Å²) in [6.45, 7) is 6.07. The molecule has 0 aliphatic rings. The van der Waals surface area contributed by atoms with Crippen LogP contribution in [0.1, 0.15) is 70.8 Å². The highest BCUT2D eigenvalue weighted by Gasteiger charge is 2.16. The highest BCUT2D eigenvalue weighted by Crippen LogP contribution is 2.37. The highest BCUT2D eigenvalue weighted by molar-refractivity contribution is 5.97. The number of aryl methyl sites for hydroxylation is 1. The number of rotatable bonds is 10. The standard InChI is InChI=1S/C23H30O4/c1-4-6-8-14-21(24)26-20-16-17(3)23(19-13-11-10-12-18(19)20)27-22(25)15-9-7-5-2/h10-13,16H,4-9,14-15H2,1-3H3. The van der Waals surface area contributed by atoms with Crippen molar-refractivity contribution >= 4 is 22.7 Å². The molecule has 0 heterocycles. The molecule has 0 saturated carbocycles. The van der Waals surface area contributed by atoms with Crippen molar-refractivity contribution in [3.63, 3.8) is 0 Å². The Morgan fingerprint density at radius 1 is 0.815 bits per heavy atom. The molecule has 0 aliphatic heterocycles. The zero-order valence-electron chi connectivity index (χ0n) is 16.7. The van der Waals surface area contributed by atoms with Gasteiger partial charge in [-0.3, -0.25) is 9.59 Å². The quantitative estimate of drug-likeness (QED) is 0.287. The minimum Gasteiger partial charge on any atom is -0.426 e. The van der Waals surface area contributed by atoms with Crippen molar-refractivity contribution in [3.8, 4) is 11.5 Å². The van der Waals surface area contributed by atoms with Crippen molar-refractivity contribution in [2.45, 2.75) is 72.1 Å². The predicted molar refractivity (Wildman–Crippen MR) is 108 cm³/mol. The molecule has 0 N–H and O–H groups in total. The van der Waals surface area contributed by atoms with Crippen LogP contribution in [0, 0.1) is 6.92 Å². The van der Waals surface area contributed by atoms with Crippen LogP contribution >= 0.6 is 0 Å². The van der Waals surface area contributed by atoms with Gasteiger partial charge < -0.3 is 9.47 Å². The summed E-state index contributed by atoms with van der Waals surface area (Å²) in [4.78, 5) is 24.3. The van der Waals surface area contributed by atoms with Gasteiger partial charge in [0.25, 0.3) is 0 Å². The maximum atomic E-state index is 12.2. The van der Waals surface area contributed by atoms with Crippen LogP contribution in [0.2, 0.25) is 0 Å². The second-order valence-electron chi connectivity index (χ2n) is 6.93. The fourth-order valence-corrected chi connectivity index (χ4v) is 3.05. The number of hydrogen-bond acceptors (Lipinski definition) is 4. The number of carbonyl (C=O) groups is 2. The molecule has 0 aliphatic carbocycles. The van der Waals surface area contributed by atoms with Crippen LogP contribution < -0.4 is 9.47 Å². The minimum absolute atomic E-state index is 0.221. The molecule has 4 heteroatoms. The Morgan fingerprint density at radius 3 is 1.96 bits per heavy atom. The van der Waals surface area contributed by atoms with E-state index in [1.54, 1.807) is 6.07 Å². The van der Waals surface area contributed by atoms with Crippen molar-refractivity contribution in [2.24, 2.45) is 0 Å². The third kappa shape index (κ3) is 6.09. The van der Waals surface area contributed by atoms with E-state index in [2.05, 4.69) is 13.8 Å². The van der Waals surface area contributed by atoms with E-state index in [1.165, 1.54) is 0 Å². The lowest BCUT2D eigenvalue weighted by Crippen LogP contribution is -2.11. The molecular weight excluding hydrogens is 340 g/mol. The molecule has 2 aromatic carbocycles. The number of ether oxygens (including phenoxy) is 2. The van der Waals surface area contributed by atoms with Crippen molar-refractivity contribution in [1.82, 2.24) is 0 Å². The van der Waals surface area contributed by atoms with Crippen molar-refractivity contribution in [3.05, 3.63) is 35.9 Å². The Hall–Kier alpha value is -2.36. The average Bonchev–Trinajstić information content (AvgIpc) is 2.65. The van der Waals surface area contributed by atoms with Gasteiger partial charge in [0, 0.05) is 23.6 Å². The number of unbranched alkanes of at least 4 members (excludes halogenated alkanes) is 4. The van der Waals surface area contributed by atoms with Crippen LogP contribution in [0.5, 0.6) is 11.5 Å². The van der Waals surface area contributed by atoms with Crippen LogP contribution in [0.3, 0.4) is 0 Å². The molecule has 4 nitrogen and oxygen atoms in total. The van der Waals surface area contributed by atoms with Crippen LogP contribution in [0.4, 0.5) is 0 Å². The van der Waals surface area contributed by atoms with E-state index in [0.29, 0.717) is 24.3 Å². The summed E-state index contributed by atoms with van der Waals surface area (Å²) in [6.07, 6.45) is 6.65. The van der Waals surface area contributed by atoms with Gasteiger partial charge in [0.2, 0.25) is 0 Å². The lowest BCUT2D eigenvalue weighted by atomic mass is 10.0. The molecule has 146 valence electrons. The summed E-state index contributed by atoms with van der Waals surface area (Å²) < 4.78 is 11.3. The number of benzene rings is 2. The minimum atomic E-state index is -0.225. The van der Waals surface area contributed by atoms with Crippen LogP contribution in [-0.2, 0) is 9.59 Å². The van der Waals surface area contributed by atoms with Gasteiger partial charge in [-0.2, -0.15) is 0 Å². The molecule has 0 fully saturated rings. The van der Waals surface area contributed by atoms with Crippen LogP contribution in [0.25, 0.3) is 10.8 Å². The number of fused-ring (bicyclic) bond motifs is 1. The summed E-state index contributed by atoms with van der Waals surface area (Å²) in [5.74, 6) is 0.631. The first-order valence-corrected chi connectivity index (χ1v) is 10.0. The average molecular weight is 370 g/mol. The van der Waals surface area contributed by atoms with Gasteiger partial charge >= 0.3 is 11.9 Å². The van der Waals surface area contributed by atoms with Gasteiger partial charge in [-0.15, -0.1) is 0 Å². The topological polar surface area (TPSA) is 52.6 Å². The smallest absolute Gasteiger partial charge is 0.311 e. The summed E-state index contributed by atoms with van der Waals surface area (Å²) in [7, 11) is 0. The number of esters is 2. The van der Waals surface area contributed by atoms with Gasteiger partial charge in [-0.05, 0) is 31.4 Å². The fraction of sp³-hybridized carbons (Fsp3) is 0.478. The Morgan fingerprint density at radius 2 is 1.37 bits per heavy atom. The Kier molecular flexibility index (Phi) is 8.31. The maximum absolute atomic E-state index is 12.2. The highest BCUT2D eigenvalue weighted by atomic mass is 16.5. The van der Waals surface area contributed by atoms with Gasteiger partial charge in [-0.25, -0.2) is 0 Å². The summed E-state index contributed by atoms with van der Waals surface area (Å²) in [6, 6.07) is 9.35. The molecule has 2 aromatic rings. The molecule has 2 rings (SSSR count). The predicted octanol–water partition coefficient (Wildman–Crippen LogP) is 6.12. The maximum Gasteiger partial charge on any atom is 0.311 e. The lowest BCUT2D eigenvalue weighted by Gasteiger charge is -2.14. The lowest BCUT2D eigenvalue weighted by molar-refractivity contribution is -0.135. The number of carbonyl (C=O) groups excluding carboxylic acids is 2. The SMILES string of the molecule is CCCCCC(=O)Oc1cc(C)c(OC(=O)CCCCC)c2ccccc12. The van der Waals surface area contributed by atoms with Crippen LogP contribution in [0.15, 0.2) is 30.3 Å². The third-order valence-electron chi connectivity index (χ3n) is 4.55. The molecule has 0 bridgehead atoms. The van der Waals surface area contributed by atoms with E-state index >= 15 is 0 Å². The van der Waals surface area contributed by atoms with Crippen molar-refractivity contribution < 1.29 is 19.1 Å². The first-order chi connectivity index (χ1) is 13.1. The fourth-order valence-electron chi connectivity index (χ4n) is 3.05. The van der Waals surface area contributed by atoms with Gasteiger partial charge in [0.1, 0.15) is 11.5 Å². The molecule has 0 amide bonds. The van der Waals surface area contributed by atoms with Crippen molar-refractivity contribution in [1.29, 1.82) is 0 Å². The zero-order chi connectivity index (χ0) is 19.6. The second kappa shape index (κ2) is 10.7. The zero-order valence-corrected chi connectivity index (χ0v) is 16.7. The van der Waals surface area contributed by atoms with Gasteiger partial charge in [-0.1, -0.05) is 63.8 Å². The van der Waals surface area contributed by atoms with E-state index in [1.807, 2.05) is 31.2 Å². The molecule has 0 radical (unpaired) electrons. The van der Waals surface area contributed by atoms with E-state index in [4.69, 9.17) is 9.47 Å². The van der Waals surface area contributed by atoms with Gasteiger partial charge in [0.05, 0.1) is 0 Å². The summed E-state index contributed by atoms with van der Waals surface area (Å²) in [5, 5.41) is 1.57. The molecule has 0 spiro atoms. The largest absolute Gasteiger partial charge is 0.426 e. The van der Waals surface area contributed by atoms with Crippen molar-refractivity contribution in [2.75, 3.05) is 0 Å². The molecular formula is C23H30O4.